The second kappa shape index (κ2) is 6.27. The summed E-state index contributed by atoms with van der Waals surface area (Å²) in [5.74, 6) is 0.966. The number of aromatic nitrogens is 5. The van der Waals surface area contributed by atoms with Crippen LogP contribution in [0, 0.1) is 0 Å². The number of nitrogens with zero attached hydrogens (tertiary/aromatic N) is 4. The molecule has 7 nitrogen and oxygen atoms in total. The van der Waals surface area contributed by atoms with Crippen molar-refractivity contribution in [3.8, 4) is 22.4 Å². The minimum Gasteiger partial charge on any atom is -0.378 e. The second-order valence-corrected chi connectivity index (χ2v) is 6.32. The zero-order chi connectivity index (χ0) is 17.3. The minimum absolute atomic E-state index is 0.741. The van der Waals surface area contributed by atoms with E-state index in [1.54, 1.807) is 0 Å². The molecule has 1 fully saturated rings. The first-order valence-corrected chi connectivity index (χ1v) is 8.65. The molecule has 4 aromatic rings. The zero-order valence-electron chi connectivity index (χ0n) is 14.1. The van der Waals surface area contributed by atoms with Gasteiger partial charge in [-0.05, 0) is 29.8 Å². The van der Waals surface area contributed by atoms with Gasteiger partial charge < -0.3 is 9.64 Å². The van der Waals surface area contributed by atoms with Crippen LogP contribution in [0.25, 0.3) is 33.3 Å². The van der Waals surface area contributed by atoms with Gasteiger partial charge in [-0.1, -0.05) is 6.07 Å². The largest absolute Gasteiger partial charge is 0.378 e. The van der Waals surface area contributed by atoms with Crippen LogP contribution < -0.4 is 4.90 Å². The van der Waals surface area contributed by atoms with Gasteiger partial charge in [0.05, 0.1) is 24.9 Å². The number of hydrogen-bond acceptors (Lipinski definition) is 5. The van der Waals surface area contributed by atoms with Crippen molar-refractivity contribution in [2.75, 3.05) is 31.2 Å². The van der Waals surface area contributed by atoms with Crippen LogP contribution in [0.3, 0.4) is 0 Å². The van der Waals surface area contributed by atoms with E-state index in [1.807, 2.05) is 24.7 Å². The van der Waals surface area contributed by atoms with Crippen molar-refractivity contribution >= 4 is 16.7 Å². The Hall–Kier alpha value is -3.19. The summed E-state index contributed by atoms with van der Waals surface area (Å²) >= 11 is 0. The van der Waals surface area contributed by atoms with Crippen molar-refractivity contribution in [1.82, 2.24) is 25.4 Å². The van der Waals surface area contributed by atoms with E-state index in [0.29, 0.717) is 0 Å². The number of H-pyrrole nitrogens is 2. The van der Waals surface area contributed by atoms with Crippen molar-refractivity contribution in [3.63, 3.8) is 0 Å². The third kappa shape index (κ3) is 2.62. The maximum Gasteiger partial charge on any atom is 0.129 e. The Balaban J connectivity index is 1.57. The van der Waals surface area contributed by atoms with Gasteiger partial charge in [-0.3, -0.25) is 10.2 Å². The van der Waals surface area contributed by atoms with Gasteiger partial charge >= 0.3 is 0 Å². The summed E-state index contributed by atoms with van der Waals surface area (Å²) in [7, 11) is 0. The van der Waals surface area contributed by atoms with Gasteiger partial charge in [0.1, 0.15) is 11.5 Å². The fraction of sp³-hybridized carbons (Fsp3) is 0.211. The summed E-state index contributed by atoms with van der Waals surface area (Å²) in [5, 5.41) is 15.7. The summed E-state index contributed by atoms with van der Waals surface area (Å²) in [6.45, 7) is 3.21. The molecule has 0 amide bonds. The molecule has 1 aromatic carbocycles. The van der Waals surface area contributed by atoms with Gasteiger partial charge in [-0.2, -0.15) is 10.2 Å². The van der Waals surface area contributed by atoms with Crippen molar-refractivity contribution in [2.45, 2.75) is 0 Å². The molecule has 1 aliphatic heterocycles. The number of hydrogen-bond donors (Lipinski definition) is 2. The maximum atomic E-state index is 5.44. The van der Waals surface area contributed by atoms with E-state index in [2.05, 4.69) is 54.5 Å². The van der Waals surface area contributed by atoms with Crippen LogP contribution in [0.2, 0.25) is 0 Å². The monoisotopic (exact) mass is 346 g/mol. The van der Waals surface area contributed by atoms with E-state index in [1.165, 1.54) is 0 Å². The molecule has 3 aromatic heterocycles. The molecular weight excluding hydrogens is 328 g/mol. The fourth-order valence-electron chi connectivity index (χ4n) is 3.35. The highest BCUT2D eigenvalue weighted by Crippen LogP contribution is 2.31. The smallest absolute Gasteiger partial charge is 0.129 e. The van der Waals surface area contributed by atoms with E-state index in [4.69, 9.17) is 4.74 Å². The summed E-state index contributed by atoms with van der Waals surface area (Å²) < 4.78 is 5.44. The first kappa shape index (κ1) is 15.1. The van der Waals surface area contributed by atoms with Gasteiger partial charge in [0.15, 0.2) is 0 Å². The molecule has 0 radical (unpaired) electrons. The van der Waals surface area contributed by atoms with Gasteiger partial charge in [-0.15, -0.1) is 0 Å². The number of anilines is 1. The number of morpholine rings is 1. The van der Waals surface area contributed by atoms with E-state index in [0.717, 1.165) is 65.4 Å². The lowest BCUT2D eigenvalue weighted by Crippen LogP contribution is -2.36. The highest BCUT2D eigenvalue weighted by Gasteiger charge is 2.15. The molecule has 0 saturated carbocycles. The molecular formula is C19H18N6O. The number of ether oxygens (including phenoxy) is 1. The lowest BCUT2D eigenvalue weighted by atomic mass is 10.0. The lowest BCUT2D eigenvalue weighted by Gasteiger charge is -2.27. The Morgan fingerprint density at radius 3 is 2.77 bits per heavy atom. The molecule has 130 valence electrons. The lowest BCUT2D eigenvalue weighted by molar-refractivity contribution is 0.122. The SMILES string of the molecule is c1cc(-c2n[nH]c3ccc(-c4cn[nH]c4)cc23)cc(N2CCOCC2)n1. The topological polar surface area (TPSA) is 82.7 Å². The Bertz CT molecular complexity index is 1030. The van der Waals surface area contributed by atoms with Crippen LogP contribution in [0.4, 0.5) is 5.82 Å². The van der Waals surface area contributed by atoms with Crippen molar-refractivity contribution in [2.24, 2.45) is 0 Å². The summed E-state index contributed by atoms with van der Waals surface area (Å²) in [6, 6.07) is 10.4. The van der Waals surface area contributed by atoms with Crippen molar-refractivity contribution in [1.29, 1.82) is 0 Å². The van der Waals surface area contributed by atoms with E-state index in [-0.39, 0.29) is 0 Å². The molecule has 0 bridgehead atoms. The first-order valence-electron chi connectivity index (χ1n) is 8.65. The molecule has 1 aliphatic rings. The molecule has 4 heterocycles. The number of nitrogens with one attached hydrogen (secondary N) is 2. The summed E-state index contributed by atoms with van der Waals surface area (Å²) in [4.78, 5) is 6.78. The number of benzene rings is 1. The van der Waals surface area contributed by atoms with Gasteiger partial charge in [0, 0.05) is 42.0 Å². The third-order valence-corrected chi connectivity index (χ3v) is 4.75. The van der Waals surface area contributed by atoms with Crippen LogP contribution >= 0.6 is 0 Å². The molecule has 26 heavy (non-hydrogen) atoms. The van der Waals surface area contributed by atoms with Gasteiger partial charge in [0.25, 0.3) is 0 Å². The molecule has 0 spiro atoms. The summed E-state index contributed by atoms with van der Waals surface area (Å²) in [6.07, 6.45) is 5.56. The number of fused-ring (bicyclic) bond motifs is 1. The maximum absolute atomic E-state index is 5.44. The van der Waals surface area contributed by atoms with Crippen LogP contribution in [0.15, 0.2) is 48.9 Å². The second-order valence-electron chi connectivity index (χ2n) is 6.32. The molecule has 1 saturated heterocycles. The average molecular weight is 346 g/mol. The van der Waals surface area contributed by atoms with Gasteiger partial charge in [0.2, 0.25) is 0 Å². The summed E-state index contributed by atoms with van der Waals surface area (Å²) in [5.41, 5.74) is 5.16. The van der Waals surface area contributed by atoms with E-state index >= 15 is 0 Å². The van der Waals surface area contributed by atoms with Crippen LogP contribution in [0.5, 0.6) is 0 Å². The Morgan fingerprint density at radius 2 is 1.92 bits per heavy atom. The molecule has 0 unspecified atom stereocenters. The Morgan fingerprint density at radius 1 is 1.00 bits per heavy atom. The standard InChI is InChI=1S/C19H18N6O/c1-2-17-16(9-13(1)15-11-21-22-12-15)19(24-23-17)14-3-4-20-18(10-14)25-5-7-26-8-6-25/h1-4,9-12H,5-8H2,(H,21,22)(H,23,24). The predicted molar refractivity (Wildman–Crippen MR) is 99.9 cm³/mol. The van der Waals surface area contributed by atoms with E-state index < -0.39 is 0 Å². The van der Waals surface area contributed by atoms with Crippen LogP contribution in [0.1, 0.15) is 0 Å². The third-order valence-electron chi connectivity index (χ3n) is 4.75. The number of pyridine rings is 1. The highest BCUT2D eigenvalue weighted by atomic mass is 16.5. The molecule has 5 rings (SSSR count). The van der Waals surface area contributed by atoms with Gasteiger partial charge in [-0.25, -0.2) is 4.98 Å². The fourth-order valence-corrected chi connectivity index (χ4v) is 3.35. The van der Waals surface area contributed by atoms with Crippen LogP contribution in [-0.2, 0) is 4.74 Å². The van der Waals surface area contributed by atoms with E-state index in [9.17, 15) is 0 Å². The molecule has 2 N–H and O–H groups in total. The van der Waals surface area contributed by atoms with Crippen molar-refractivity contribution < 1.29 is 4.74 Å². The first-order chi connectivity index (χ1) is 12.9. The number of aromatic amines is 2. The highest BCUT2D eigenvalue weighted by molar-refractivity contribution is 5.95. The van der Waals surface area contributed by atoms with Crippen LogP contribution in [-0.4, -0.2) is 51.7 Å². The molecule has 7 heteroatoms. The Labute approximate surface area is 150 Å². The predicted octanol–water partition coefficient (Wildman–Crippen LogP) is 2.85. The zero-order valence-corrected chi connectivity index (χ0v) is 14.1. The quantitative estimate of drug-likeness (QED) is 0.596. The Kier molecular flexibility index (Phi) is 3.64. The molecule has 0 aliphatic carbocycles. The van der Waals surface area contributed by atoms with Crippen molar-refractivity contribution in [3.05, 3.63) is 48.9 Å². The normalized spacial score (nSPS) is 14.8. The minimum atomic E-state index is 0.741. The average Bonchev–Trinajstić information content (AvgIpc) is 3.38. The molecule has 0 atom stereocenters. The number of rotatable bonds is 3.